The van der Waals surface area contributed by atoms with Crippen molar-refractivity contribution in [2.24, 2.45) is 0 Å². The van der Waals surface area contributed by atoms with Crippen molar-refractivity contribution in [3.63, 3.8) is 0 Å². The maximum atomic E-state index is 2.42. The number of fused-ring (bicyclic) bond motifs is 6. The molecule has 9 aromatic rings. The Morgan fingerprint density at radius 2 is 0.822 bits per heavy atom. The van der Waals surface area contributed by atoms with Crippen molar-refractivity contribution in [2.75, 3.05) is 0 Å². The van der Waals surface area contributed by atoms with Gasteiger partial charge in [0.1, 0.15) is 0 Å². The molecule has 0 bridgehead atoms. The number of hydrogen-bond donors (Lipinski definition) is 0. The number of aryl methyl sites for hydroxylation is 1. The molecule has 0 nitrogen and oxygen atoms in total. The number of hydrogen-bond acceptors (Lipinski definition) is 0. The van der Waals surface area contributed by atoms with Gasteiger partial charge in [0.25, 0.3) is 0 Å². The molecule has 210 valence electrons. The van der Waals surface area contributed by atoms with Gasteiger partial charge >= 0.3 is 0 Å². The zero-order valence-electron chi connectivity index (χ0n) is 25.1. The summed E-state index contributed by atoms with van der Waals surface area (Å²) in [5.41, 5.74) is 8.96. The van der Waals surface area contributed by atoms with Gasteiger partial charge in [-0.25, -0.2) is 0 Å². The van der Waals surface area contributed by atoms with E-state index in [2.05, 4.69) is 171 Å². The molecular formula is C45H30. The Morgan fingerprint density at radius 1 is 0.289 bits per heavy atom. The highest BCUT2D eigenvalue weighted by Gasteiger charge is 2.18. The Kier molecular flexibility index (Phi) is 5.83. The lowest BCUT2D eigenvalue weighted by molar-refractivity contribution is 1.47. The van der Waals surface area contributed by atoms with Crippen molar-refractivity contribution in [1.82, 2.24) is 0 Å². The van der Waals surface area contributed by atoms with Gasteiger partial charge in [0, 0.05) is 0 Å². The van der Waals surface area contributed by atoms with E-state index in [4.69, 9.17) is 0 Å². The molecule has 0 spiro atoms. The normalized spacial score (nSPS) is 11.7. The number of benzene rings is 9. The largest absolute Gasteiger partial charge is 0.0620 e. The van der Waals surface area contributed by atoms with Crippen LogP contribution in [0.2, 0.25) is 0 Å². The van der Waals surface area contributed by atoms with Crippen LogP contribution in [0.4, 0.5) is 0 Å². The van der Waals surface area contributed by atoms with Crippen LogP contribution >= 0.6 is 0 Å². The summed E-state index contributed by atoms with van der Waals surface area (Å²) in [6.07, 6.45) is 0. The lowest BCUT2D eigenvalue weighted by atomic mass is 9.84. The van der Waals surface area contributed by atoms with Crippen molar-refractivity contribution in [2.45, 2.75) is 6.92 Å². The molecule has 0 aromatic heterocycles. The molecule has 0 fully saturated rings. The summed E-state index contributed by atoms with van der Waals surface area (Å²) in [6, 6.07) is 60.4. The van der Waals surface area contributed by atoms with Crippen molar-refractivity contribution >= 4 is 53.9 Å². The van der Waals surface area contributed by atoms with Gasteiger partial charge in [-0.3, -0.25) is 0 Å². The lowest BCUT2D eigenvalue weighted by Gasteiger charge is -2.19. The van der Waals surface area contributed by atoms with Crippen LogP contribution in [-0.4, -0.2) is 0 Å². The van der Waals surface area contributed by atoms with Crippen LogP contribution in [0.5, 0.6) is 0 Å². The van der Waals surface area contributed by atoms with Crippen LogP contribution < -0.4 is 0 Å². The summed E-state index contributed by atoms with van der Waals surface area (Å²) in [4.78, 5) is 0. The first-order chi connectivity index (χ1) is 22.2. The molecule has 9 aromatic carbocycles. The molecular weight excluding hydrogens is 540 g/mol. The van der Waals surface area contributed by atoms with E-state index in [1.54, 1.807) is 0 Å². The van der Waals surface area contributed by atoms with Gasteiger partial charge in [0.15, 0.2) is 0 Å². The summed E-state index contributed by atoms with van der Waals surface area (Å²) < 4.78 is 0. The Bertz CT molecular complexity index is 2550. The highest BCUT2D eigenvalue weighted by Crippen LogP contribution is 2.45. The zero-order valence-corrected chi connectivity index (χ0v) is 25.1. The maximum Gasteiger partial charge on any atom is -0.00237 e. The molecule has 0 heteroatoms. The van der Waals surface area contributed by atoms with Gasteiger partial charge in [-0.2, -0.15) is 0 Å². The SMILES string of the molecule is Cc1ccccc1-c1c2ccccc2c(-c2ccc3cc(-c4ccc5ccccc5c4)c4ccccc4c3c2)c2ccccc12. The molecule has 0 aliphatic rings. The first-order valence-corrected chi connectivity index (χ1v) is 15.7. The molecule has 0 aliphatic carbocycles. The second kappa shape index (κ2) is 10.2. The molecule has 0 radical (unpaired) electrons. The van der Waals surface area contributed by atoms with E-state index < -0.39 is 0 Å². The van der Waals surface area contributed by atoms with E-state index in [0.29, 0.717) is 0 Å². The molecule has 0 aliphatic heterocycles. The zero-order chi connectivity index (χ0) is 29.9. The average molecular weight is 571 g/mol. The minimum absolute atomic E-state index is 1.25. The highest BCUT2D eigenvalue weighted by atomic mass is 14.2. The topological polar surface area (TPSA) is 0 Å². The standard InChI is InChI=1S/C45H30/c1-29-12-2-5-15-35(29)45-40-20-10-8-18-38(40)44(39-19-9-11-21-41(39)45)34-25-24-33-27-42(36-16-6-7-17-37(36)43(33)28-34)32-23-22-30-13-3-4-14-31(30)26-32/h2-28H,1H3. The molecule has 0 amide bonds. The van der Waals surface area contributed by atoms with Crippen LogP contribution in [-0.2, 0) is 0 Å². The molecule has 0 N–H and O–H groups in total. The molecule has 0 unspecified atom stereocenters. The van der Waals surface area contributed by atoms with Crippen LogP contribution in [0.1, 0.15) is 5.56 Å². The molecule has 0 atom stereocenters. The quantitative estimate of drug-likeness (QED) is 0.146. The Hall–Kier alpha value is -5.72. The fourth-order valence-electron chi connectivity index (χ4n) is 7.44. The van der Waals surface area contributed by atoms with Gasteiger partial charge in [0.05, 0.1) is 0 Å². The van der Waals surface area contributed by atoms with Crippen molar-refractivity contribution in [3.8, 4) is 33.4 Å². The third-order valence-corrected chi connectivity index (χ3v) is 9.56. The smallest absolute Gasteiger partial charge is 0.00237 e. The Morgan fingerprint density at radius 3 is 1.53 bits per heavy atom. The van der Waals surface area contributed by atoms with Crippen molar-refractivity contribution in [3.05, 3.63) is 169 Å². The molecule has 0 heterocycles. The second-order valence-electron chi connectivity index (χ2n) is 12.1. The van der Waals surface area contributed by atoms with E-state index in [0.717, 1.165) is 0 Å². The molecule has 9 rings (SSSR count). The highest BCUT2D eigenvalue weighted by molar-refractivity contribution is 6.23. The maximum absolute atomic E-state index is 2.42. The molecule has 0 saturated heterocycles. The minimum Gasteiger partial charge on any atom is -0.0620 e. The molecule has 0 saturated carbocycles. The number of rotatable bonds is 3. The average Bonchev–Trinajstić information content (AvgIpc) is 3.10. The fourth-order valence-corrected chi connectivity index (χ4v) is 7.44. The van der Waals surface area contributed by atoms with Crippen LogP contribution in [0, 0.1) is 6.92 Å². The van der Waals surface area contributed by atoms with Gasteiger partial charge in [-0.15, -0.1) is 0 Å². The van der Waals surface area contributed by atoms with Crippen LogP contribution in [0.3, 0.4) is 0 Å². The van der Waals surface area contributed by atoms with Gasteiger partial charge in [-0.1, -0.05) is 146 Å². The molecule has 45 heavy (non-hydrogen) atoms. The van der Waals surface area contributed by atoms with Gasteiger partial charge < -0.3 is 0 Å². The second-order valence-corrected chi connectivity index (χ2v) is 12.1. The third-order valence-electron chi connectivity index (χ3n) is 9.56. The Labute approximate surface area is 262 Å². The minimum atomic E-state index is 1.25. The predicted octanol–water partition coefficient (Wildman–Crippen LogP) is 12.8. The summed E-state index contributed by atoms with van der Waals surface area (Å²) in [5.74, 6) is 0. The summed E-state index contributed by atoms with van der Waals surface area (Å²) >= 11 is 0. The van der Waals surface area contributed by atoms with E-state index >= 15 is 0 Å². The lowest BCUT2D eigenvalue weighted by Crippen LogP contribution is -1.92. The van der Waals surface area contributed by atoms with Crippen molar-refractivity contribution < 1.29 is 0 Å². The van der Waals surface area contributed by atoms with Gasteiger partial charge in [0.2, 0.25) is 0 Å². The van der Waals surface area contributed by atoms with E-state index in [1.165, 1.54) is 92.8 Å². The fraction of sp³-hybridized carbons (Fsp3) is 0.0222. The first kappa shape index (κ1) is 25.7. The summed E-state index contributed by atoms with van der Waals surface area (Å²) in [7, 11) is 0. The van der Waals surface area contributed by atoms with E-state index in [-0.39, 0.29) is 0 Å². The van der Waals surface area contributed by atoms with Crippen LogP contribution in [0.15, 0.2) is 164 Å². The van der Waals surface area contributed by atoms with E-state index in [1.807, 2.05) is 0 Å². The Balaban J connectivity index is 1.33. The first-order valence-electron chi connectivity index (χ1n) is 15.7. The van der Waals surface area contributed by atoms with Crippen LogP contribution in [0.25, 0.3) is 87.2 Å². The van der Waals surface area contributed by atoms with E-state index in [9.17, 15) is 0 Å². The van der Waals surface area contributed by atoms with Gasteiger partial charge in [-0.05, 0) is 118 Å². The monoisotopic (exact) mass is 570 g/mol. The third kappa shape index (κ3) is 4.07. The summed E-state index contributed by atoms with van der Waals surface area (Å²) in [5, 5.41) is 12.8. The predicted molar refractivity (Wildman–Crippen MR) is 195 cm³/mol. The van der Waals surface area contributed by atoms with Crippen molar-refractivity contribution in [1.29, 1.82) is 0 Å². The summed E-state index contributed by atoms with van der Waals surface area (Å²) in [6.45, 7) is 2.22.